The number of carbonyl (C=O) groups excluding carboxylic acids is 1. The number of aryl methyl sites for hydroxylation is 3. The second kappa shape index (κ2) is 8.41. The average Bonchev–Trinajstić information content (AvgIpc) is 3.06. The number of thioether (sulfide) groups is 1. The zero-order valence-electron chi connectivity index (χ0n) is 16.8. The Morgan fingerprint density at radius 3 is 2.80 bits per heavy atom. The molecule has 3 aromatic heterocycles. The van der Waals surface area contributed by atoms with E-state index in [1.54, 1.807) is 43.1 Å². The van der Waals surface area contributed by atoms with Crippen molar-refractivity contribution in [2.45, 2.75) is 31.4 Å². The summed E-state index contributed by atoms with van der Waals surface area (Å²) in [5, 5.41) is 3.23. The smallest absolute Gasteiger partial charge is 0.267 e. The summed E-state index contributed by atoms with van der Waals surface area (Å²) in [6, 6.07) is 11.6. The first-order chi connectivity index (χ1) is 14.4. The molecule has 2 N–H and O–H groups in total. The van der Waals surface area contributed by atoms with Crippen molar-refractivity contribution in [3.05, 3.63) is 80.3 Å². The molecule has 4 rings (SSSR count). The van der Waals surface area contributed by atoms with Crippen molar-refractivity contribution in [1.82, 2.24) is 15.0 Å². The zero-order valence-corrected chi connectivity index (χ0v) is 18.4. The van der Waals surface area contributed by atoms with Gasteiger partial charge in [-0.3, -0.25) is 9.59 Å². The van der Waals surface area contributed by atoms with Crippen LogP contribution in [0.15, 0.2) is 52.3 Å². The fourth-order valence-electron chi connectivity index (χ4n) is 3.09. The number of aromatic nitrogens is 3. The number of carbonyl (C=O) groups is 1. The maximum atomic E-state index is 12.7. The summed E-state index contributed by atoms with van der Waals surface area (Å²) in [4.78, 5) is 39.2. The van der Waals surface area contributed by atoms with Crippen LogP contribution in [0.25, 0.3) is 10.2 Å². The highest BCUT2D eigenvalue weighted by molar-refractivity contribution is 7.98. The summed E-state index contributed by atoms with van der Waals surface area (Å²) < 4.78 is 0. The number of nitrogens with one attached hydrogen (secondary N) is 2. The Labute approximate surface area is 181 Å². The second-order valence-corrected chi connectivity index (χ2v) is 8.99. The number of hydrogen-bond donors (Lipinski definition) is 2. The Kier molecular flexibility index (Phi) is 5.69. The van der Waals surface area contributed by atoms with Crippen molar-refractivity contribution in [2.24, 2.45) is 0 Å². The van der Waals surface area contributed by atoms with Gasteiger partial charge in [0.05, 0.1) is 16.0 Å². The molecular formula is C22H20N4O2S2. The van der Waals surface area contributed by atoms with Crippen LogP contribution in [0, 0.1) is 20.8 Å². The third kappa shape index (κ3) is 4.15. The van der Waals surface area contributed by atoms with Crippen molar-refractivity contribution in [2.75, 3.05) is 5.32 Å². The fourth-order valence-corrected chi connectivity index (χ4v) is 5.18. The highest BCUT2D eigenvalue weighted by Gasteiger charge is 2.20. The summed E-state index contributed by atoms with van der Waals surface area (Å²) >= 11 is 2.86. The number of hydrogen-bond acceptors (Lipinski definition) is 6. The van der Waals surface area contributed by atoms with E-state index >= 15 is 0 Å². The summed E-state index contributed by atoms with van der Waals surface area (Å²) in [5.74, 6) is 1.31. The Morgan fingerprint density at radius 1 is 1.20 bits per heavy atom. The molecule has 1 aromatic carbocycles. The molecule has 0 fully saturated rings. The van der Waals surface area contributed by atoms with Gasteiger partial charge in [-0.1, -0.05) is 23.8 Å². The summed E-state index contributed by atoms with van der Waals surface area (Å²) in [6.07, 6.45) is 1.61. The molecule has 0 atom stereocenters. The van der Waals surface area contributed by atoms with E-state index in [0.717, 1.165) is 4.90 Å². The van der Waals surface area contributed by atoms with E-state index in [1.165, 1.54) is 22.5 Å². The maximum Gasteiger partial charge on any atom is 0.267 e. The van der Waals surface area contributed by atoms with E-state index in [4.69, 9.17) is 0 Å². The first kappa shape index (κ1) is 20.3. The molecule has 0 saturated carbocycles. The highest BCUT2D eigenvalue weighted by Crippen LogP contribution is 2.30. The van der Waals surface area contributed by atoms with Gasteiger partial charge < -0.3 is 10.3 Å². The van der Waals surface area contributed by atoms with Crippen molar-refractivity contribution in [3.63, 3.8) is 0 Å². The van der Waals surface area contributed by atoms with Crippen molar-refractivity contribution < 1.29 is 4.79 Å². The fraction of sp³-hybridized carbons (Fsp3) is 0.182. The molecule has 0 unspecified atom stereocenters. The van der Waals surface area contributed by atoms with Crippen LogP contribution < -0.4 is 10.9 Å². The molecule has 4 aromatic rings. The van der Waals surface area contributed by atoms with Crippen molar-refractivity contribution in [3.8, 4) is 0 Å². The van der Waals surface area contributed by atoms with Crippen LogP contribution in [-0.2, 0) is 5.75 Å². The lowest BCUT2D eigenvalue weighted by Gasteiger charge is -2.06. The minimum atomic E-state index is -0.292. The second-order valence-electron chi connectivity index (χ2n) is 6.98. The van der Waals surface area contributed by atoms with Crippen LogP contribution in [0.2, 0.25) is 0 Å². The average molecular weight is 437 g/mol. The number of pyridine rings is 1. The largest absolute Gasteiger partial charge is 0.309 e. The van der Waals surface area contributed by atoms with E-state index < -0.39 is 0 Å². The first-order valence-electron chi connectivity index (χ1n) is 9.37. The lowest BCUT2D eigenvalue weighted by Crippen LogP contribution is -2.13. The molecular weight excluding hydrogens is 416 g/mol. The summed E-state index contributed by atoms with van der Waals surface area (Å²) in [5.41, 5.74) is 2.79. The monoisotopic (exact) mass is 436 g/mol. The van der Waals surface area contributed by atoms with Crippen molar-refractivity contribution in [1.29, 1.82) is 0 Å². The van der Waals surface area contributed by atoms with Gasteiger partial charge in [-0.25, -0.2) is 9.97 Å². The van der Waals surface area contributed by atoms with Crippen LogP contribution in [0.4, 0.5) is 5.82 Å². The van der Waals surface area contributed by atoms with E-state index in [1.807, 2.05) is 0 Å². The zero-order chi connectivity index (χ0) is 21.3. The van der Waals surface area contributed by atoms with E-state index in [0.29, 0.717) is 38.1 Å². The number of nitrogens with zero attached hydrogens (tertiary/aromatic N) is 2. The Balaban J connectivity index is 1.61. The van der Waals surface area contributed by atoms with Gasteiger partial charge in [0.15, 0.2) is 0 Å². The number of rotatable bonds is 5. The van der Waals surface area contributed by atoms with E-state index in [2.05, 4.69) is 52.3 Å². The molecule has 0 spiro atoms. The normalized spacial score (nSPS) is 11.0. The SMILES string of the molecule is Cc1ccc(C)c(SCc2nc3sc(C(=O)Nc4ccccn4)c(C)c3c(=O)[nH]2)c1. The molecule has 0 bridgehead atoms. The summed E-state index contributed by atoms with van der Waals surface area (Å²) in [7, 11) is 0. The highest BCUT2D eigenvalue weighted by atomic mass is 32.2. The Bertz CT molecular complexity index is 1300. The van der Waals surface area contributed by atoms with Gasteiger partial charge in [0.25, 0.3) is 11.5 Å². The number of benzene rings is 1. The van der Waals surface area contributed by atoms with Gasteiger partial charge in [0.2, 0.25) is 0 Å². The van der Waals surface area contributed by atoms with Crippen LogP contribution in [0.1, 0.15) is 32.2 Å². The molecule has 0 aliphatic heterocycles. The minimum Gasteiger partial charge on any atom is -0.309 e. The maximum absolute atomic E-state index is 12.7. The number of H-pyrrole nitrogens is 1. The molecule has 0 radical (unpaired) electrons. The predicted molar refractivity (Wildman–Crippen MR) is 123 cm³/mol. The molecule has 0 aliphatic rings. The van der Waals surface area contributed by atoms with Crippen LogP contribution in [0.3, 0.4) is 0 Å². The molecule has 0 saturated heterocycles. The molecule has 6 nitrogen and oxygen atoms in total. The van der Waals surface area contributed by atoms with E-state index in [9.17, 15) is 9.59 Å². The van der Waals surface area contributed by atoms with Gasteiger partial charge in [-0.15, -0.1) is 23.1 Å². The topological polar surface area (TPSA) is 87.7 Å². The lowest BCUT2D eigenvalue weighted by atomic mass is 10.2. The molecule has 0 aliphatic carbocycles. The number of amides is 1. The van der Waals surface area contributed by atoms with Crippen LogP contribution in [0.5, 0.6) is 0 Å². The van der Waals surface area contributed by atoms with Gasteiger partial charge in [-0.2, -0.15) is 0 Å². The predicted octanol–water partition coefficient (Wildman–Crippen LogP) is 4.85. The number of thiophene rings is 1. The van der Waals surface area contributed by atoms with Gasteiger partial charge in [0, 0.05) is 11.1 Å². The molecule has 8 heteroatoms. The van der Waals surface area contributed by atoms with Crippen LogP contribution in [-0.4, -0.2) is 20.9 Å². The number of fused-ring (bicyclic) bond motifs is 1. The van der Waals surface area contributed by atoms with E-state index in [-0.39, 0.29) is 11.5 Å². The quantitative estimate of drug-likeness (QED) is 0.437. The van der Waals surface area contributed by atoms with Gasteiger partial charge >= 0.3 is 0 Å². The molecule has 1 amide bonds. The van der Waals surface area contributed by atoms with Gasteiger partial charge in [0.1, 0.15) is 16.5 Å². The Morgan fingerprint density at radius 2 is 2.03 bits per heavy atom. The molecule has 30 heavy (non-hydrogen) atoms. The minimum absolute atomic E-state index is 0.220. The lowest BCUT2D eigenvalue weighted by molar-refractivity contribution is 0.102. The first-order valence-corrected chi connectivity index (χ1v) is 11.2. The molecule has 3 heterocycles. The number of anilines is 1. The van der Waals surface area contributed by atoms with Gasteiger partial charge in [-0.05, 0) is 50.1 Å². The standard InChI is InChI=1S/C22H20N4O2S2/c1-12-7-8-13(2)15(10-12)29-11-17-25-20(27)18-14(3)19(30-22(18)26-17)21(28)24-16-6-4-5-9-23-16/h4-10H,11H2,1-3H3,(H,23,24,28)(H,25,26,27). The third-order valence-electron chi connectivity index (χ3n) is 4.67. The Hall–Kier alpha value is -2.97. The van der Waals surface area contributed by atoms with Crippen LogP contribution >= 0.6 is 23.1 Å². The van der Waals surface area contributed by atoms with Crippen molar-refractivity contribution >= 4 is 45.0 Å². The number of aromatic amines is 1. The third-order valence-corrected chi connectivity index (χ3v) is 7.02. The molecule has 152 valence electrons. The summed E-state index contributed by atoms with van der Waals surface area (Å²) in [6.45, 7) is 5.89.